The smallest absolute Gasteiger partial charge is 0.239 e. The average molecular weight is 399 g/mol. The van der Waals surface area contributed by atoms with Crippen LogP contribution < -0.4 is 16.4 Å². The number of carbonyl (C=O) groups is 1. The van der Waals surface area contributed by atoms with E-state index in [4.69, 9.17) is 23.1 Å². The highest BCUT2D eigenvalue weighted by atomic mass is 35.5. The van der Waals surface area contributed by atoms with Crippen molar-refractivity contribution >= 4 is 39.9 Å². The molecule has 2 aromatic heterocycles. The number of amides is 1. The van der Waals surface area contributed by atoms with Crippen LogP contribution >= 0.6 is 11.6 Å². The van der Waals surface area contributed by atoms with Crippen LogP contribution in [0.25, 0.3) is 11.0 Å². The van der Waals surface area contributed by atoms with Crippen LogP contribution in [-0.4, -0.2) is 53.0 Å². The van der Waals surface area contributed by atoms with Gasteiger partial charge in [0.1, 0.15) is 5.65 Å². The van der Waals surface area contributed by atoms with Gasteiger partial charge in [-0.3, -0.25) is 4.79 Å². The second-order valence-corrected chi connectivity index (χ2v) is 7.49. The molecule has 1 saturated heterocycles. The molecule has 0 unspecified atom stereocenters. The average Bonchev–Trinajstić information content (AvgIpc) is 3.18. The second-order valence-electron chi connectivity index (χ2n) is 7.05. The van der Waals surface area contributed by atoms with Crippen LogP contribution in [0.1, 0.15) is 5.56 Å². The fraction of sp³-hybridized carbons (Fsp3) is 0.300. The second kappa shape index (κ2) is 7.69. The molecule has 0 aliphatic carbocycles. The van der Waals surface area contributed by atoms with Gasteiger partial charge in [-0.1, -0.05) is 23.7 Å². The van der Waals surface area contributed by atoms with E-state index in [0.29, 0.717) is 43.3 Å². The molecule has 7 nitrogen and oxygen atoms in total. The summed E-state index contributed by atoms with van der Waals surface area (Å²) in [7, 11) is 0. The Balaban J connectivity index is 1.40. The molecule has 1 aliphatic heterocycles. The number of nitrogens with zero attached hydrogens (tertiary/aromatic N) is 3. The molecule has 1 atom stereocenters. The summed E-state index contributed by atoms with van der Waals surface area (Å²) < 4.78 is 0. The van der Waals surface area contributed by atoms with Gasteiger partial charge in [0.25, 0.3) is 0 Å². The Hall–Kier alpha value is -2.77. The van der Waals surface area contributed by atoms with Gasteiger partial charge in [0.15, 0.2) is 0 Å². The van der Waals surface area contributed by atoms with Crippen molar-refractivity contribution in [2.45, 2.75) is 12.5 Å². The molecule has 1 amide bonds. The molecule has 1 fully saturated rings. The number of H-pyrrole nitrogens is 1. The summed E-state index contributed by atoms with van der Waals surface area (Å²) in [6, 6.07) is 8.86. The summed E-state index contributed by atoms with van der Waals surface area (Å²) in [6.07, 6.45) is 4.03. The Morgan fingerprint density at radius 2 is 1.89 bits per heavy atom. The molecule has 3 heterocycles. The molecular formula is C20H23ClN6O. The molecule has 0 bridgehead atoms. The molecule has 5 N–H and O–H groups in total. The number of aromatic amines is 1. The standard InChI is InChI=1S/C20H23ClN6O/c21-14-3-1-13(2-4-14)11-16(22)20(28)27-9-7-26(8-10-27)18-15-5-6-24-19(15)25-12-17(18)23/h1-6,12,16H,7-11,22-23H2,(H,24,25)/t16-/m1/s1. The number of halogens is 1. The largest absolute Gasteiger partial charge is 0.396 e. The van der Waals surface area contributed by atoms with Crippen LogP contribution in [-0.2, 0) is 11.2 Å². The van der Waals surface area contributed by atoms with Crippen molar-refractivity contribution in [1.29, 1.82) is 0 Å². The first-order chi connectivity index (χ1) is 13.5. The fourth-order valence-corrected chi connectivity index (χ4v) is 3.83. The number of nitrogen functional groups attached to an aromatic ring is 1. The van der Waals surface area contributed by atoms with Crippen molar-refractivity contribution in [2.24, 2.45) is 5.73 Å². The summed E-state index contributed by atoms with van der Waals surface area (Å²) in [5, 5.41) is 1.67. The van der Waals surface area contributed by atoms with Crippen LogP contribution in [0.5, 0.6) is 0 Å². The number of hydrogen-bond acceptors (Lipinski definition) is 5. The summed E-state index contributed by atoms with van der Waals surface area (Å²) in [5.41, 5.74) is 15.8. The van der Waals surface area contributed by atoms with Gasteiger partial charge in [0.2, 0.25) is 5.91 Å². The molecule has 0 radical (unpaired) electrons. The fourth-order valence-electron chi connectivity index (χ4n) is 3.71. The van der Waals surface area contributed by atoms with Crippen LogP contribution in [0.2, 0.25) is 5.02 Å². The molecular weight excluding hydrogens is 376 g/mol. The first-order valence-electron chi connectivity index (χ1n) is 9.28. The lowest BCUT2D eigenvalue weighted by atomic mass is 10.1. The van der Waals surface area contributed by atoms with E-state index in [1.165, 1.54) is 0 Å². The predicted molar refractivity (Wildman–Crippen MR) is 112 cm³/mol. The number of rotatable bonds is 4. The van der Waals surface area contributed by atoms with E-state index in [-0.39, 0.29) is 5.91 Å². The lowest BCUT2D eigenvalue weighted by molar-refractivity contribution is -0.132. The van der Waals surface area contributed by atoms with Gasteiger partial charge in [-0.25, -0.2) is 4.98 Å². The van der Waals surface area contributed by atoms with Gasteiger partial charge in [-0.15, -0.1) is 0 Å². The van der Waals surface area contributed by atoms with Crippen molar-refractivity contribution in [2.75, 3.05) is 36.8 Å². The van der Waals surface area contributed by atoms with E-state index in [0.717, 1.165) is 22.3 Å². The maximum Gasteiger partial charge on any atom is 0.239 e. The molecule has 28 heavy (non-hydrogen) atoms. The summed E-state index contributed by atoms with van der Waals surface area (Å²) in [5.74, 6) is -0.0240. The number of pyridine rings is 1. The van der Waals surface area contributed by atoms with Crippen molar-refractivity contribution in [3.8, 4) is 0 Å². The molecule has 1 aliphatic rings. The summed E-state index contributed by atoms with van der Waals surface area (Å²) >= 11 is 5.91. The Labute approximate surface area is 168 Å². The minimum absolute atomic E-state index is 0.0240. The lowest BCUT2D eigenvalue weighted by Gasteiger charge is -2.37. The van der Waals surface area contributed by atoms with Crippen molar-refractivity contribution in [3.05, 3.63) is 53.3 Å². The quantitative estimate of drug-likeness (QED) is 0.623. The summed E-state index contributed by atoms with van der Waals surface area (Å²) in [6.45, 7) is 2.63. The lowest BCUT2D eigenvalue weighted by Crippen LogP contribution is -2.53. The van der Waals surface area contributed by atoms with Crippen molar-refractivity contribution in [3.63, 3.8) is 0 Å². The maximum absolute atomic E-state index is 12.8. The third-order valence-corrected chi connectivity index (χ3v) is 5.43. The zero-order valence-corrected chi connectivity index (χ0v) is 16.2. The number of aromatic nitrogens is 2. The number of piperazine rings is 1. The first kappa shape index (κ1) is 18.6. The monoisotopic (exact) mass is 398 g/mol. The normalized spacial score (nSPS) is 15.8. The predicted octanol–water partition coefficient (Wildman–Crippen LogP) is 2.02. The van der Waals surface area contributed by atoms with Crippen LogP contribution in [0.4, 0.5) is 11.4 Å². The molecule has 1 aromatic carbocycles. The van der Waals surface area contributed by atoms with Crippen LogP contribution in [0, 0.1) is 0 Å². The Morgan fingerprint density at radius 3 is 2.61 bits per heavy atom. The van der Waals surface area contributed by atoms with E-state index < -0.39 is 6.04 Å². The molecule has 3 aromatic rings. The number of carbonyl (C=O) groups excluding carboxylic acids is 1. The number of hydrogen-bond donors (Lipinski definition) is 3. The molecule has 4 rings (SSSR count). The molecule has 0 spiro atoms. The summed E-state index contributed by atoms with van der Waals surface area (Å²) in [4.78, 5) is 24.2. The third-order valence-electron chi connectivity index (χ3n) is 5.18. The first-order valence-corrected chi connectivity index (χ1v) is 9.66. The minimum Gasteiger partial charge on any atom is -0.396 e. The zero-order valence-electron chi connectivity index (χ0n) is 15.4. The van der Waals surface area contributed by atoms with Gasteiger partial charge >= 0.3 is 0 Å². The molecule has 8 heteroatoms. The third kappa shape index (κ3) is 3.63. The SMILES string of the molecule is Nc1cnc2[nH]ccc2c1N1CCN(C(=O)[C@H](N)Cc2ccc(Cl)cc2)CC1. The van der Waals surface area contributed by atoms with Crippen LogP contribution in [0.3, 0.4) is 0 Å². The molecule has 146 valence electrons. The van der Waals surface area contributed by atoms with E-state index in [2.05, 4.69) is 14.9 Å². The minimum atomic E-state index is -0.560. The van der Waals surface area contributed by atoms with E-state index in [1.54, 1.807) is 6.20 Å². The van der Waals surface area contributed by atoms with Gasteiger partial charge in [0, 0.05) is 42.8 Å². The highest BCUT2D eigenvalue weighted by Gasteiger charge is 2.27. The van der Waals surface area contributed by atoms with Gasteiger partial charge in [0.05, 0.1) is 23.6 Å². The highest BCUT2D eigenvalue weighted by Crippen LogP contribution is 2.31. The number of benzene rings is 1. The number of anilines is 2. The Morgan fingerprint density at radius 1 is 1.18 bits per heavy atom. The van der Waals surface area contributed by atoms with Gasteiger partial charge < -0.3 is 26.3 Å². The van der Waals surface area contributed by atoms with Gasteiger partial charge in [-0.2, -0.15) is 0 Å². The van der Waals surface area contributed by atoms with Crippen LogP contribution in [0.15, 0.2) is 42.7 Å². The highest BCUT2D eigenvalue weighted by molar-refractivity contribution is 6.30. The van der Waals surface area contributed by atoms with Crippen molar-refractivity contribution < 1.29 is 4.79 Å². The maximum atomic E-state index is 12.8. The topological polar surface area (TPSA) is 104 Å². The number of fused-ring (bicyclic) bond motifs is 1. The Kier molecular flexibility index (Phi) is 5.11. The van der Waals surface area contributed by atoms with Gasteiger partial charge in [-0.05, 0) is 30.2 Å². The van der Waals surface area contributed by atoms with E-state index in [1.807, 2.05) is 41.4 Å². The number of nitrogens with one attached hydrogen (secondary N) is 1. The zero-order chi connectivity index (χ0) is 19.7. The Bertz CT molecular complexity index is 978. The van der Waals surface area contributed by atoms with E-state index >= 15 is 0 Å². The number of nitrogens with two attached hydrogens (primary N) is 2. The molecule has 0 saturated carbocycles. The van der Waals surface area contributed by atoms with Crippen molar-refractivity contribution in [1.82, 2.24) is 14.9 Å². The van der Waals surface area contributed by atoms with E-state index in [9.17, 15) is 4.79 Å².